The second-order valence-electron chi connectivity index (χ2n) is 7.10. The van der Waals surface area contributed by atoms with Crippen molar-refractivity contribution in [1.82, 2.24) is 9.80 Å². The van der Waals surface area contributed by atoms with Crippen LogP contribution in [0.3, 0.4) is 0 Å². The molecule has 1 amide bonds. The van der Waals surface area contributed by atoms with E-state index in [1.165, 1.54) is 24.9 Å². The van der Waals surface area contributed by atoms with E-state index >= 15 is 0 Å². The number of amides is 1. The number of aryl methyl sites for hydroxylation is 1. The Bertz CT molecular complexity index is 651. The highest BCUT2D eigenvalue weighted by Gasteiger charge is 2.45. The molecule has 8 heteroatoms. The molecule has 0 saturated carbocycles. The van der Waals surface area contributed by atoms with Crippen LogP contribution in [-0.4, -0.2) is 65.2 Å². The number of rotatable bonds is 3. The quantitative estimate of drug-likeness (QED) is 0.868. The van der Waals surface area contributed by atoms with Gasteiger partial charge in [0.2, 0.25) is 5.91 Å². The van der Waals surface area contributed by atoms with E-state index < -0.39 is 12.1 Å². The lowest BCUT2D eigenvalue weighted by atomic mass is 9.78. The molecule has 2 aliphatic rings. The van der Waals surface area contributed by atoms with Gasteiger partial charge in [0.15, 0.2) is 0 Å². The summed E-state index contributed by atoms with van der Waals surface area (Å²) in [7, 11) is 2.20. The van der Waals surface area contributed by atoms with Crippen molar-refractivity contribution >= 4 is 11.9 Å². The first-order chi connectivity index (χ1) is 12.6. The molecule has 2 aliphatic heterocycles. The van der Waals surface area contributed by atoms with Crippen LogP contribution in [0.4, 0.5) is 13.2 Å². The molecule has 1 unspecified atom stereocenters. The zero-order valence-corrected chi connectivity index (χ0v) is 15.3. The summed E-state index contributed by atoms with van der Waals surface area (Å²) in [4.78, 5) is 25.8. The number of carbonyl (C=O) groups is 2. The molecule has 0 bridgehead atoms. The van der Waals surface area contributed by atoms with Gasteiger partial charge in [-0.2, -0.15) is 13.2 Å². The van der Waals surface area contributed by atoms with E-state index in [-0.39, 0.29) is 0 Å². The van der Waals surface area contributed by atoms with Crippen LogP contribution in [0.15, 0.2) is 30.3 Å². The van der Waals surface area contributed by atoms with Gasteiger partial charge in [0.05, 0.1) is 0 Å². The van der Waals surface area contributed by atoms with Crippen molar-refractivity contribution in [3.05, 3.63) is 35.9 Å². The predicted molar refractivity (Wildman–Crippen MR) is 94.2 cm³/mol. The third-order valence-electron chi connectivity index (χ3n) is 5.34. The Balaban J connectivity index is 0.000000321. The Morgan fingerprint density at radius 2 is 1.78 bits per heavy atom. The normalized spacial score (nSPS) is 22.6. The fourth-order valence-corrected chi connectivity index (χ4v) is 3.55. The molecule has 0 radical (unpaired) electrons. The second-order valence-corrected chi connectivity index (χ2v) is 7.10. The average Bonchev–Trinajstić information content (AvgIpc) is 2.65. The minimum absolute atomic E-state index is 0.306. The van der Waals surface area contributed by atoms with Crippen LogP contribution >= 0.6 is 0 Å². The lowest BCUT2D eigenvalue weighted by Gasteiger charge is -2.55. The number of benzene rings is 1. The first-order valence-corrected chi connectivity index (χ1v) is 8.97. The Labute approximate surface area is 156 Å². The molecular formula is C19H25F3N2O3. The van der Waals surface area contributed by atoms with Crippen LogP contribution in [0.1, 0.15) is 31.2 Å². The Morgan fingerprint density at radius 3 is 2.26 bits per heavy atom. The molecule has 2 saturated heterocycles. The number of hydrogen-bond donors (Lipinski definition) is 1. The third kappa shape index (κ3) is 5.69. The molecule has 150 valence electrons. The molecule has 1 atom stereocenters. The summed E-state index contributed by atoms with van der Waals surface area (Å²) in [5.41, 5.74) is 1.56. The molecule has 27 heavy (non-hydrogen) atoms. The molecule has 2 heterocycles. The van der Waals surface area contributed by atoms with E-state index in [2.05, 4.69) is 29.0 Å². The van der Waals surface area contributed by atoms with Crippen LogP contribution in [0.25, 0.3) is 0 Å². The van der Waals surface area contributed by atoms with Gasteiger partial charge in [-0.15, -0.1) is 0 Å². The third-order valence-corrected chi connectivity index (χ3v) is 5.34. The van der Waals surface area contributed by atoms with Gasteiger partial charge < -0.3 is 10.0 Å². The summed E-state index contributed by atoms with van der Waals surface area (Å²) in [5, 5.41) is 7.12. The number of carbonyl (C=O) groups excluding carboxylic acids is 1. The van der Waals surface area contributed by atoms with Gasteiger partial charge in [-0.1, -0.05) is 30.3 Å². The zero-order chi connectivity index (χ0) is 20.1. The molecule has 1 aromatic carbocycles. The van der Waals surface area contributed by atoms with Gasteiger partial charge in [-0.25, -0.2) is 4.79 Å². The fourth-order valence-electron chi connectivity index (χ4n) is 3.55. The number of alkyl halides is 3. The van der Waals surface area contributed by atoms with E-state index in [0.717, 1.165) is 25.9 Å². The van der Waals surface area contributed by atoms with Crippen molar-refractivity contribution in [1.29, 1.82) is 0 Å². The first-order valence-electron chi connectivity index (χ1n) is 8.97. The van der Waals surface area contributed by atoms with Gasteiger partial charge >= 0.3 is 12.1 Å². The topological polar surface area (TPSA) is 60.9 Å². The maximum absolute atomic E-state index is 12.4. The maximum atomic E-state index is 12.4. The summed E-state index contributed by atoms with van der Waals surface area (Å²) in [6.45, 7) is 3.08. The SMILES string of the molecule is CN1CCC12CCCN(C(=O)CCc1ccccc1)C2.O=C(O)C(F)(F)F. The number of halogens is 3. The molecule has 1 spiro atoms. The van der Waals surface area contributed by atoms with Crippen LogP contribution in [0, 0.1) is 0 Å². The fraction of sp³-hybridized carbons (Fsp3) is 0.579. The zero-order valence-electron chi connectivity index (χ0n) is 15.3. The number of piperidine rings is 1. The van der Waals surface area contributed by atoms with Crippen molar-refractivity contribution in [3.63, 3.8) is 0 Å². The Morgan fingerprint density at radius 1 is 1.15 bits per heavy atom. The molecule has 0 aliphatic carbocycles. The van der Waals surface area contributed by atoms with Crippen LogP contribution < -0.4 is 0 Å². The average molecular weight is 386 g/mol. The second kappa shape index (κ2) is 8.73. The maximum Gasteiger partial charge on any atom is 0.490 e. The predicted octanol–water partition coefficient (Wildman–Crippen LogP) is 2.95. The largest absolute Gasteiger partial charge is 0.490 e. The number of likely N-dealkylation sites (N-methyl/N-ethyl adjacent to an activating group) is 1. The van der Waals surface area contributed by atoms with Crippen molar-refractivity contribution in [2.75, 3.05) is 26.7 Å². The number of carboxylic acids is 1. The standard InChI is InChI=1S/C17H24N2O.C2HF3O2/c1-18-13-11-17(18)10-5-12-19(14-17)16(20)9-8-15-6-3-2-4-7-15;3-2(4,5)1(6)7/h2-4,6-7H,5,8-14H2,1H3;(H,6,7). The smallest absolute Gasteiger partial charge is 0.475 e. The molecule has 2 fully saturated rings. The van der Waals surface area contributed by atoms with E-state index in [1.54, 1.807) is 0 Å². The summed E-state index contributed by atoms with van der Waals surface area (Å²) in [5.74, 6) is -2.43. The van der Waals surface area contributed by atoms with Crippen molar-refractivity contribution in [2.45, 2.75) is 43.8 Å². The van der Waals surface area contributed by atoms with Crippen molar-refractivity contribution in [3.8, 4) is 0 Å². The number of likely N-dealkylation sites (tertiary alicyclic amines) is 2. The van der Waals surface area contributed by atoms with E-state index in [1.807, 2.05) is 18.2 Å². The molecule has 3 rings (SSSR count). The van der Waals surface area contributed by atoms with Gasteiger partial charge in [0.1, 0.15) is 0 Å². The lowest BCUT2D eigenvalue weighted by molar-refractivity contribution is -0.192. The van der Waals surface area contributed by atoms with Gasteiger partial charge in [0.25, 0.3) is 0 Å². The van der Waals surface area contributed by atoms with Gasteiger partial charge in [-0.05, 0) is 38.3 Å². The van der Waals surface area contributed by atoms with Crippen LogP contribution in [0.2, 0.25) is 0 Å². The number of hydrogen-bond acceptors (Lipinski definition) is 3. The highest BCUT2D eigenvalue weighted by molar-refractivity contribution is 5.76. The highest BCUT2D eigenvalue weighted by Crippen LogP contribution is 2.37. The molecule has 1 N–H and O–H groups in total. The first kappa shape index (κ1) is 21.2. The highest BCUT2D eigenvalue weighted by atomic mass is 19.4. The number of aliphatic carboxylic acids is 1. The van der Waals surface area contributed by atoms with Crippen molar-refractivity contribution < 1.29 is 27.9 Å². The minimum Gasteiger partial charge on any atom is -0.475 e. The molecular weight excluding hydrogens is 361 g/mol. The van der Waals surface area contributed by atoms with E-state index in [9.17, 15) is 18.0 Å². The van der Waals surface area contributed by atoms with Crippen molar-refractivity contribution in [2.24, 2.45) is 0 Å². The minimum atomic E-state index is -5.08. The summed E-state index contributed by atoms with van der Waals surface area (Å²) in [6.07, 6.45) is 0.0855. The summed E-state index contributed by atoms with van der Waals surface area (Å²) < 4.78 is 31.7. The monoisotopic (exact) mass is 386 g/mol. The lowest BCUT2D eigenvalue weighted by Crippen LogP contribution is -2.66. The van der Waals surface area contributed by atoms with Crippen LogP contribution in [-0.2, 0) is 16.0 Å². The van der Waals surface area contributed by atoms with Gasteiger partial charge in [-0.3, -0.25) is 9.69 Å². The molecule has 1 aromatic rings. The number of carboxylic acid groups (broad SMARTS) is 1. The van der Waals surface area contributed by atoms with E-state index in [0.29, 0.717) is 17.9 Å². The Hall–Kier alpha value is -2.09. The molecule has 5 nitrogen and oxygen atoms in total. The molecule has 0 aromatic heterocycles. The summed E-state index contributed by atoms with van der Waals surface area (Å²) in [6, 6.07) is 10.3. The Kier molecular flexibility index (Phi) is 6.86. The van der Waals surface area contributed by atoms with Crippen LogP contribution in [0.5, 0.6) is 0 Å². The number of nitrogens with zero attached hydrogens (tertiary/aromatic N) is 2. The van der Waals surface area contributed by atoms with E-state index in [4.69, 9.17) is 9.90 Å². The van der Waals surface area contributed by atoms with Gasteiger partial charge in [0, 0.05) is 31.6 Å². The summed E-state index contributed by atoms with van der Waals surface area (Å²) >= 11 is 0.